The Morgan fingerprint density at radius 3 is 2.39 bits per heavy atom. The van der Waals surface area contributed by atoms with Gasteiger partial charge in [-0.25, -0.2) is 13.8 Å². The third-order valence-electron chi connectivity index (χ3n) is 5.27. The molecule has 0 radical (unpaired) electrons. The molecule has 28 heavy (non-hydrogen) atoms. The van der Waals surface area contributed by atoms with Gasteiger partial charge in [-0.05, 0) is 18.2 Å². The smallest absolute Gasteiger partial charge is 0.139 e. The molecule has 1 saturated heterocycles. The van der Waals surface area contributed by atoms with Crippen LogP contribution >= 0.6 is 0 Å². The zero-order chi connectivity index (χ0) is 19.3. The molecule has 0 bridgehead atoms. The summed E-state index contributed by atoms with van der Waals surface area (Å²) in [6.45, 7) is 5.83. The van der Waals surface area contributed by atoms with Crippen LogP contribution in [0.2, 0.25) is 0 Å². The molecule has 0 amide bonds. The van der Waals surface area contributed by atoms with Gasteiger partial charge in [0, 0.05) is 69.3 Å². The van der Waals surface area contributed by atoms with E-state index in [9.17, 15) is 8.78 Å². The Bertz CT molecular complexity index is 902. The number of hydrogen-bond donors (Lipinski definition) is 0. The first-order valence-corrected chi connectivity index (χ1v) is 9.64. The number of imidazole rings is 1. The van der Waals surface area contributed by atoms with Crippen LogP contribution in [0.3, 0.4) is 0 Å². The van der Waals surface area contributed by atoms with E-state index in [0.717, 1.165) is 56.7 Å². The molecule has 6 heteroatoms. The molecule has 0 aliphatic carbocycles. The van der Waals surface area contributed by atoms with Crippen LogP contribution in [0.4, 0.5) is 8.78 Å². The molecular weight excluding hydrogens is 358 g/mol. The molecule has 1 aliphatic heterocycles. The van der Waals surface area contributed by atoms with E-state index < -0.39 is 0 Å². The molecule has 2 aromatic carbocycles. The molecule has 3 aromatic rings. The van der Waals surface area contributed by atoms with Gasteiger partial charge in [0.1, 0.15) is 17.5 Å². The van der Waals surface area contributed by atoms with E-state index in [1.165, 1.54) is 12.1 Å². The molecule has 4 rings (SSSR count). The number of halogens is 2. The van der Waals surface area contributed by atoms with Crippen molar-refractivity contribution >= 4 is 0 Å². The van der Waals surface area contributed by atoms with E-state index in [1.54, 1.807) is 0 Å². The number of benzene rings is 2. The molecular formula is C22H24F2N4. The molecule has 1 aliphatic rings. The van der Waals surface area contributed by atoms with E-state index in [2.05, 4.69) is 31.5 Å². The molecule has 0 atom stereocenters. The molecule has 1 aromatic heterocycles. The van der Waals surface area contributed by atoms with Crippen molar-refractivity contribution < 1.29 is 8.78 Å². The van der Waals surface area contributed by atoms with Gasteiger partial charge >= 0.3 is 0 Å². The monoisotopic (exact) mass is 382 g/mol. The molecule has 0 N–H and O–H groups in total. The van der Waals surface area contributed by atoms with Crippen molar-refractivity contribution in [3.8, 4) is 11.4 Å². The van der Waals surface area contributed by atoms with Gasteiger partial charge < -0.3 is 4.57 Å². The maximum absolute atomic E-state index is 13.8. The lowest BCUT2D eigenvalue weighted by atomic mass is 10.1. The molecule has 0 unspecified atom stereocenters. The first kappa shape index (κ1) is 18.8. The summed E-state index contributed by atoms with van der Waals surface area (Å²) in [5.74, 6) is 0.266. The first-order valence-electron chi connectivity index (χ1n) is 9.64. The zero-order valence-electron chi connectivity index (χ0n) is 15.8. The second-order valence-corrected chi connectivity index (χ2v) is 7.16. The zero-order valence-corrected chi connectivity index (χ0v) is 15.8. The quantitative estimate of drug-likeness (QED) is 0.651. The number of piperazine rings is 1. The van der Waals surface area contributed by atoms with Crippen LogP contribution < -0.4 is 0 Å². The minimum Gasteiger partial charge on any atom is -0.330 e. The normalized spacial score (nSPS) is 15.8. The maximum Gasteiger partial charge on any atom is 0.139 e. The lowest BCUT2D eigenvalue weighted by molar-refractivity contribution is 0.123. The topological polar surface area (TPSA) is 24.3 Å². The summed E-state index contributed by atoms with van der Waals surface area (Å²) >= 11 is 0. The summed E-state index contributed by atoms with van der Waals surface area (Å²) in [4.78, 5) is 9.09. The number of hydrogen-bond acceptors (Lipinski definition) is 3. The number of aromatic nitrogens is 2. The fourth-order valence-electron chi connectivity index (χ4n) is 3.66. The maximum atomic E-state index is 13.8. The summed E-state index contributed by atoms with van der Waals surface area (Å²) in [5.41, 5.74) is 1.55. The van der Waals surface area contributed by atoms with Crippen molar-refractivity contribution in [1.29, 1.82) is 0 Å². The summed E-state index contributed by atoms with van der Waals surface area (Å²) in [5, 5.41) is 0. The van der Waals surface area contributed by atoms with Crippen LogP contribution in [0.1, 0.15) is 5.56 Å². The van der Waals surface area contributed by atoms with Crippen molar-refractivity contribution in [2.75, 3.05) is 32.7 Å². The van der Waals surface area contributed by atoms with Crippen molar-refractivity contribution in [1.82, 2.24) is 19.4 Å². The van der Waals surface area contributed by atoms with E-state index in [0.29, 0.717) is 12.1 Å². The second-order valence-electron chi connectivity index (χ2n) is 7.16. The predicted molar refractivity (Wildman–Crippen MR) is 106 cm³/mol. The fraction of sp³-hybridized carbons (Fsp3) is 0.318. The van der Waals surface area contributed by atoms with Crippen LogP contribution in [0.15, 0.2) is 60.9 Å². The summed E-state index contributed by atoms with van der Waals surface area (Å²) in [7, 11) is 0. The standard InChI is InChI=1S/C22H24F2N4/c23-20-6-7-21(24)19(16-20)17-27-12-10-26(11-13-27)14-15-28-9-8-25-22(28)18-4-2-1-3-5-18/h1-9,16H,10-15,17H2. The molecule has 2 heterocycles. The van der Waals surface area contributed by atoms with Gasteiger partial charge in [-0.1, -0.05) is 30.3 Å². The Kier molecular flexibility index (Phi) is 5.78. The molecule has 4 nitrogen and oxygen atoms in total. The van der Waals surface area contributed by atoms with Gasteiger partial charge in [0.25, 0.3) is 0 Å². The molecule has 1 fully saturated rings. The lowest BCUT2D eigenvalue weighted by Gasteiger charge is -2.34. The molecule has 0 saturated carbocycles. The van der Waals surface area contributed by atoms with Gasteiger partial charge in [-0.2, -0.15) is 0 Å². The highest BCUT2D eigenvalue weighted by Gasteiger charge is 2.18. The van der Waals surface area contributed by atoms with E-state index in [4.69, 9.17) is 0 Å². The van der Waals surface area contributed by atoms with Gasteiger partial charge in [0.2, 0.25) is 0 Å². The van der Waals surface area contributed by atoms with Crippen LogP contribution in [-0.4, -0.2) is 52.1 Å². The summed E-state index contributed by atoms with van der Waals surface area (Å²) in [6, 6.07) is 13.9. The van der Waals surface area contributed by atoms with Gasteiger partial charge in [0.05, 0.1) is 0 Å². The Balaban J connectivity index is 1.29. The van der Waals surface area contributed by atoms with Crippen LogP contribution in [0, 0.1) is 11.6 Å². The predicted octanol–water partition coefficient (Wildman–Crippen LogP) is 3.65. The third-order valence-corrected chi connectivity index (χ3v) is 5.27. The second kappa shape index (κ2) is 8.63. The molecule has 146 valence electrons. The molecule has 0 spiro atoms. The average molecular weight is 382 g/mol. The summed E-state index contributed by atoms with van der Waals surface area (Å²) < 4.78 is 29.4. The van der Waals surface area contributed by atoms with Crippen LogP contribution in [0.25, 0.3) is 11.4 Å². The van der Waals surface area contributed by atoms with Crippen LogP contribution in [-0.2, 0) is 13.1 Å². The van der Waals surface area contributed by atoms with E-state index >= 15 is 0 Å². The SMILES string of the molecule is Fc1ccc(F)c(CN2CCN(CCn3ccnc3-c3ccccc3)CC2)c1. The Labute approximate surface area is 164 Å². The third kappa shape index (κ3) is 4.46. The van der Waals surface area contributed by atoms with Gasteiger partial charge in [0.15, 0.2) is 0 Å². The average Bonchev–Trinajstić information content (AvgIpc) is 3.19. The summed E-state index contributed by atoms with van der Waals surface area (Å²) in [6.07, 6.45) is 3.86. The van der Waals surface area contributed by atoms with Crippen molar-refractivity contribution in [3.05, 3.63) is 78.1 Å². The highest BCUT2D eigenvalue weighted by molar-refractivity contribution is 5.55. The number of rotatable bonds is 6. The Hall–Kier alpha value is -2.57. The Morgan fingerprint density at radius 2 is 1.61 bits per heavy atom. The first-order chi connectivity index (χ1) is 13.7. The lowest BCUT2D eigenvalue weighted by Crippen LogP contribution is -2.46. The van der Waals surface area contributed by atoms with Crippen molar-refractivity contribution in [2.24, 2.45) is 0 Å². The minimum atomic E-state index is -0.385. The Morgan fingerprint density at radius 1 is 0.857 bits per heavy atom. The minimum absolute atomic E-state index is 0.336. The van der Waals surface area contributed by atoms with Crippen molar-refractivity contribution in [2.45, 2.75) is 13.1 Å². The number of nitrogens with zero attached hydrogens (tertiary/aromatic N) is 4. The van der Waals surface area contributed by atoms with Gasteiger partial charge in [-0.3, -0.25) is 9.80 Å². The van der Waals surface area contributed by atoms with E-state index in [-0.39, 0.29) is 11.6 Å². The highest BCUT2D eigenvalue weighted by atomic mass is 19.1. The van der Waals surface area contributed by atoms with Crippen molar-refractivity contribution in [3.63, 3.8) is 0 Å². The van der Waals surface area contributed by atoms with E-state index in [1.807, 2.05) is 30.6 Å². The van der Waals surface area contributed by atoms with Crippen LogP contribution in [0.5, 0.6) is 0 Å². The largest absolute Gasteiger partial charge is 0.330 e. The fourth-order valence-corrected chi connectivity index (χ4v) is 3.66. The highest BCUT2D eigenvalue weighted by Crippen LogP contribution is 2.17. The van der Waals surface area contributed by atoms with Gasteiger partial charge in [-0.15, -0.1) is 0 Å².